The largest absolute Gasteiger partial charge is 0.363 e. The molecule has 0 saturated carbocycles. The number of hydrogen-bond acceptors (Lipinski definition) is 6. The summed E-state index contributed by atoms with van der Waals surface area (Å²) in [5, 5.41) is 18.4. The van der Waals surface area contributed by atoms with E-state index in [0.29, 0.717) is 37.7 Å². The molecule has 0 radical (unpaired) electrons. The van der Waals surface area contributed by atoms with E-state index in [0.717, 1.165) is 0 Å². The van der Waals surface area contributed by atoms with Gasteiger partial charge in [-0.15, -0.1) is 0 Å². The van der Waals surface area contributed by atoms with Gasteiger partial charge in [-0.25, -0.2) is 4.68 Å². The first-order valence-corrected chi connectivity index (χ1v) is 9.45. The van der Waals surface area contributed by atoms with Gasteiger partial charge in [0.1, 0.15) is 11.5 Å². The van der Waals surface area contributed by atoms with E-state index in [9.17, 15) is 14.9 Å². The molecule has 1 aliphatic heterocycles. The number of rotatable bonds is 6. The first kappa shape index (κ1) is 19.8. The number of nitro groups is 1. The normalized spacial score (nSPS) is 16.2. The Bertz CT molecular complexity index is 842. The summed E-state index contributed by atoms with van der Waals surface area (Å²) in [5.74, 6) is 0.604. The molecule has 1 amide bonds. The van der Waals surface area contributed by atoms with Gasteiger partial charge in [-0.05, 0) is 26.8 Å². The molecular formula is C19H26N6O3. The molecule has 0 bridgehead atoms. The minimum absolute atomic E-state index is 0.0819. The van der Waals surface area contributed by atoms with Gasteiger partial charge in [0.25, 0.3) is 5.69 Å². The Morgan fingerprint density at radius 2 is 1.82 bits per heavy atom. The Labute approximate surface area is 164 Å². The third-order valence-corrected chi connectivity index (χ3v) is 5.07. The molecule has 1 aromatic carbocycles. The van der Waals surface area contributed by atoms with Gasteiger partial charge in [-0.3, -0.25) is 19.8 Å². The molecule has 1 saturated heterocycles. The summed E-state index contributed by atoms with van der Waals surface area (Å²) in [6.07, 6.45) is 1.67. The predicted molar refractivity (Wildman–Crippen MR) is 108 cm³/mol. The van der Waals surface area contributed by atoms with Crippen LogP contribution in [0.25, 0.3) is 0 Å². The van der Waals surface area contributed by atoms with Crippen molar-refractivity contribution in [2.24, 2.45) is 0 Å². The molecule has 1 N–H and O–H groups in total. The van der Waals surface area contributed by atoms with E-state index >= 15 is 0 Å². The summed E-state index contributed by atoms with van der Waals surface area (Å²) in [6, 6.07) is 8.42. The summed E-state index contributed by atoms with van der Waals surface area (Å²) in [4.78, 5) is 27.7. The molecule has 1 atom stereocenters. The number of nitrogens with zero attached hydrogens (tertiary/aromatic N) is 5. The van der Waals surface area contributed by atoms with Crippen LogP contribution in [0.3, 0.4) is 0 Å². The van der Waals surface area contributed by atoms with Gasteiger partial charge in [0, 0.05) is 44.4 Å². The number of nitro benzene ring substituents is 1. The fourth-order valence-electron chi connectivity index (χ4n) is 3.46. The lowest BCUT2D eigenvalue weighted by Gasteiger charge is -2.38. The number of piperazine rings is 1. The summed E-state index contributed by atoms with van der Waals surface area (Å²) in [5.41, 5.74) is 0.744. The number of para-hydroxylation sites is 2. The molecule has 0 aliphatic carbocycles. The van der Waals surface area contributed by atoms with Crippen LogP contribution in [0.5, 0.6) is 0 Å². The molecule has 28 heavy (non-hydrogen) atoms. The van der Waals surface area contributed by atoms with Crippen LogP contribution in [-0.2, 0) is 4.79 Å². The first-order valence-electron chi connectivity index (χ1n) is 9.45. The van der Waals surface area contributed by atoms with Gasteiger partial charge in [-0.1, -0.05) is 12.1 Å². The summed E-state index contributed by atoms with van der Waals surface area (Å²) in [7, 11) is 0. The van der Waals surface area contributed by atoms with Gasteiger partial charge < -0.3 is 10.2 Å². The molecule has 1 unspecified atom stereocenters. The van der Waals surface area contributed by atoms with Crippen molar-refractivity contribution in [3.05, 3.63) is 46.6 Å². The number of nitrogens with one attached hydrogen (secondary N) is 1. The number of carbonyl (C=O) groups is 1. The predicted octanol–water partition coefficient (Wildman–Crippen LogP) is 2.52. The smallest absolute Gasteiger partial charge is 0.292 e. The van der Waals surface area contributed by atoms with Gasteiger partial charge in [0.2, 0.25) is 5.91 Å². The maximum Gasteiger partial charge on any atom is 0.292 e. The highest BCUT2D eigenvalue weighted by molar-refractivity contribution is 5.93. The van der Waals surface area contributed by atoms with Crippen LogP contribution < -0.4 is 10.2 Å². The van der Waals surface area contributed by atoms with Crippen molar-refractivity contribution in [1.82, 2.24) is 14.7 Å². The lowest BCUT2D eigenvalue weighted by molar-refractivity contribution is -0.384. The molecular weight excluding hydrogens is 360 g/mol. The van der Waals surface area contributed by atoms with Crippen LogP contribution in [0, 0.1) is 10.1 Å². The lowest BCUT2D eigenvalue weighted by Crippen LogP contribution is -2.53. The fraction of sp³-hybridized carbons (Fsp3) is 0.474. The summed E-state index contributed by atoms with van der Waals surface area (Å²) in [6.45, 7) is 8.47. The SMILES string of the molecule is CC(C(=O)Nc1ccnn1C(C)C)N1CCN(c2ccccc2[N+](=O)[O-])CC1. The minimum Gasteiger partial charge on any atom is -0.363 e. The van der Waals surface area contributed by atoms with E-state index in [1.54, 1.807) is 29.1 Å². The van der Waals surface area contributed by atoms with Crippen molar-refractivity contribution >= 4 is 23.1 Å². The van der Waals surface area contributed by atoms with E-state index in [4.69, 9.17) is 0 Å². The molecule has 1 fully saturated rings. The maximum absolute atomic E-state index is 12.7. The fourth-order valence-corrected chi connectivity index (χ4v) is 3.46. The van der Waals surface area contributed by atoms with Gasteiger partial charge in [-0.2, -0.15) is 5.10 Å². The van der Waals surface area contributed by atoms with Gasteiger partial charge in [0.05, 0.1) is 17.2 Å². The Balaban J connectivity index is 1.61. The first-order chi connectivity index (χ1) is 13.4. The molecule has 150 valence electrons. The van der Waals surface area contributed by atoms with Crippen LogP contribution in [0.4, 0.5) is 17.2 Å². The summed E-state index contributed by atoms with van der Waals surface area (Å²) < 4.78 is 1.77. The third-order valence-electron chi connectivity index (χ3n) is 5.07. The van der Waals surface area contributed by atoms with E-state index in [1.807, 2.05) is 31.7 Å². The zero-order chi connectivity index (χ0) is 20.3. The van der Waals surface area contributed by atoms with E-state index in [2.05, 4.69) is 15.3 Å². The number of hydrogen-bond donors (Lipinski definition) is 1. The molecule has 0 spiro atoms. The number of benzene rings is 1. The number of carbonyl (C=O) groups excluding carboxylic acids is 1. The minimum atomic E-state index is -0.352. The topological polar surface area (TPSA) is 96.5 Å². The zero-order valence-electron chi connectivity index (χ0n) is 16.4. The maximum atomic E-state index is 12.7. The number of anilines is 2. The van der Waals surface area contributed by atoms with Crippen molar-refractivity contribution in [3.63, 3.8) is 0 Å². The average molecular weight is 386 g/mol. The van der Waals surface area contributed by atoms with Crippen molar-refractivity contribution in [2.75, 3.05) is 36.4 Å². The Kier molecular flexibility index (Phi) is 5.93. The highest BCUT2D eigenvalue weighted by Gasteiger charge is 2.28. The van der Waals surface area contributed by atoms with Crippen LogP contribution >= 0.6 is 0 Å². The Hall–Kier alpha value is -2.94. The molecule has 1 aromatic heterocycles. The quantitative estimate of drug-likeness (QED) is 0.605. The third kappa shape index (κ3) is 4.14. The molecule has 3 rings (SSSR count). The Morgan fingerprint density at radius 3 is 2.46 bits per heavy atom. The van der Waals surface area contributed by atoms with Crippen LogP contribution in [-0.4, -0.2) is 57.7 Å². The highest BCUT2D eigenvalue weighted by Crippen LogP contribution is 2.28. The van der Waals surface area contributed by atoms with Gasteiger partial charge in [0.15, 0.2) is 0 Å². The van der Waals surface area contributed by atoms with Crippen molar-refractivity contribution in [3.8, 4) is 0 Å². The molecule has 2 aromatic rings. The molecule has 9 heteroatoms. The van der Waals surface area contributed by atoms with E-state index in [1.165, 1.54) is 6.07 Å². The van der Waals surface area contributed by atoms with Crippen molar-refractivity contribution in [2.45, 2.75) is 32.9 Å². The second-order valence-electron chi connectivity index (χ2n) is 7.19. The molecule has 2 heterocycles. The second-order valence-corrected chi connectivity index (χ2v) is 7.19. The second kappa shape index (κ2) is 8.39. The zero-order valence-corrected chi connectivity index (χ0v) is 16.4. The van der Waals surface area contributed by atoms with Crippen LogP contribution in [0.15, 0.2) is 36.5 Å². The number of aromatic nitrogens is 2. The highest BCUT2D eigenvalue weighted by atomic mass is 16.6. The average Bonchev–Trinajstić information content (AvgIpc) is 3.16. The van der Waals surface area contributed by atoms with Crippen molar-refractivity contribution < 1.29 is 9.72 Å². The molecule has 9 nitrogen and oxygen atoms in total. The van der Waals surface area contributed by atoms with Gasteiger partial charge >= 0.3 is 0 Å². The standard InChI is InChI=1S/C19H26N6O3/c1-14(2)24-18(8-9-20-24)21-19(26)15(3)22-10-12-23(13-11-22)16-6-4-5-7-17(16)25(27)28/h4-9,14-15H,10-13H2,1-3H3,(H,21,26). The van der Waals surface area contributed by atoms with Crippen LogP contribution in [0.1, 0.15) is 26.8 Å². The number of amides is 1. The summed E-state index contributed by atoms with van der Waals surface area (Å²) >= 11 is 0. The van der Waals surface area contributed by atoms with E-state index in [-0.39, 0.29) is 28.6 Å². The van der Waals surface area contributed by atoms with Crippen LogP contribution in [0.2, 0.25) is 0 Å². The van der Waals surface area contributed by atoms with E-state index < -0.39 is 0 Å². The lowest BCUT2D eigenvalue weighted by atomic mass is 10.2. The van der Waals surface area contributed by atoms with Crippen molar-refractivity contribution in [1.29, 1.82) is 0 Å². The Morgan fingerprint density at radius 1 is 1.14 bits per heavy atom. The monoisotopic (exact) mass is 386 g/mol. The molecule has 1 aliphatic rings.